The van der Waals surface area contributed by atoms with Crippen LogP contribution in [-0.2, 0) is 14.6 Å². The minimum atomic E-state index is -3.60. The molecule has 0 saturated carbocycles. The van der Waals surface area contributed by atoms with Crippen LogP contribution in [0.25, 0.3) is 0 Å². The molecule has 1 heterocycles. The quantitative estimate of drug-likeness (QED) is 0.558. The van der Waals surface area contributed by atoms with Crippen molar-refractivity contribution in [1.29, 1.82) is 0 Å². The second-order valence-electron chi connectivity index (χ2n) is 6.28. The fraction of sp³-hybridized carbons (Fsp3) is 0.235. The summed E-state index contributed by atoms with van der Waals surface area (Å²) in [5.41, 5.74) is 0.237. The Morgan fingerprint density at radius 1 is 1.18 bits per heavy atom. The zero-order valence-electron chi connectivity index (χ0n) is 14.6. The van der Waals surface area contributed by atoms with Crippen LogP contribution in [-0.4, -0.2) is 38.1 Å². The van der Waals surface area contributed by atoms with Gasteiger partial charge in [0.15, 0.2) is 9.84 Å². The first-order valence-corrected chi connectivity index (χ1v) is 10.7. The SMILES string of the molecule is CS(=O)(=O)c1ccc(NC2CCN(c3ccc(Cl)c(Cl)c3)C2=O)c([N+](=O)[O-])c1. The first-order valence-electron chi connectivity index (χ1n) is 8.09. The van der Waals surface area contributed by atoms with Crippen LogP contribution >= 0.6 is 23.2 Å². The van der Waals surface area contributed by atoms with Crippen LogP contribution in [0.2, 0.25) is 10.0 Å². The van der Waals surface area contributed by atoms with Gasteiger partial charge >= 0.3 is 0 Å². The van der Waals surface area contributed by atoms with Gasteiger partial charge < -0.3 is 10.2 Å². The highest BCUT2D eigenvalue weighted by molar-refractivity contribution is 7.90. The lowest BCUT2D eigenvalue weighted by Crippen LogP contribution is -2.33. The van der Waals surface area contributed by atoms with E-state index >= 15 is 0 Å². The van der Waals surface area contributed by atoms with Crippen molar-refractivity contribution in [2.24, 2.45) is 0 Å². The summed E-state index contributed by atoms with van der Waals surface area (Å²) in [5.74, 6) is -0.278. The highest BCUT2D eigenvalue weighted by Gasteiger charge is 2.34. The standard InChI is InChI=1S/C17H15Cl2N3O5S/c1-28(26,27)11-3-5-14(16(9-11)22(24)25)20-15-6-7-21(17(15)23)10-2-4-12(18)13(19)8-10/h2-5,8-9,15,20H,6-7H2,1H3. The molecule has 1 saturated heterocycles. The molecule has 8 nitrogen and oxygen atoms in total. The molecule has 0 radical (unpaired) electrons. The fourth-order valence-corrected chi connectivity index (χ4v) is 3.86. The molecule has 1 unspecified atom stereocenters. The molecule has 0 spiro atoms. The molecule has 0 aliphatic carbocycles. The number of nitrogens with one attached hydrogen (secondary N) is 1. The van der Waals surface area contributed by atoms with Gasteiger partial charge in [-0.05, 0) is 36.8 Å². The third-order valence-corrected chi connectivity index (χ3v) is 6.19. The molecule has 2 aromatic carbocycles. The minimum absolute atomic E-state index is 0.0757. The molecule has 0 aromatic heterocycles. The molecule has 1 aliphatic heterocycles. The van der Waals surface area contributed by atoms with Gasteiger partial charge in [-0.1, -0.05) is 23.2 Å². The topological polar surface area (TPSA) is 110 Å². The number of carbonyl (C=O) groups excluding carboxylic acids is 1. The third kappa shape index (κ3) is 4.06. The van der Waals surface area contributed by atoms with Crippen molar-refractivity contribution >= 4 is 56.0 Å². The van der Waals surface area contributed by atoms with Gasteiger partial charge in [-0.3, -0.25) is 14.9 Å². The van der Waals surface area contributed by atoms with Gasteiger partial charge in [0.05, 0.1) is 19.9 Å². The van der Waals surface area contributed by atoms with E-state index in [9.17, 15) is 23.3 Å². The van der Waals surface area contributed by atoms with Crippen LogP contribution in [0.1, 0.15) is 6.42 Å². The smallest absolute Gasteiger partial charge is 0.293 e. The Bertz CT molecular complexity index is 1070. The summed E-state index contributed by atoms with van der Waals surface area (Å²) in [4.78, 5) is 24.8. The van der Waals surface area contributed by atoms with E-state index in [1.54, 1.807) is 18.2 Å². The van der Waals surface area contributed by atoms with Crippen LogP contribution in [0.4, 0.5) is 17.1 Å². The molecule has 0 bridgehead atoms. The van der Waals surface area contributed by atoms with Crippen molar-refractivity contribution in [1.82, 2.24) is 0 Å². The molecule has 148 valence electrons. The van der Waals surface area contributed by atoms with Gasteiger partial charge in [-0.25, -0.2) is 8.42 Å². The Hall–Kier alpha value is -2.36. The van der Waals surface area contributed by atoms with E-state index in [1.807, 2.05) is 0 Å². The predicted octanol–water partition coefficient (Wildman–Crippen LogP) is 3.52. The van der Waals surface area contributed by atoms with Gasteiger partial charge in [0.2, 0.25) is 5.91 Å². The number of nitro benzene ring substituents is 1. The highest BCUT2D eigenvalue weighted by atomic mass is 35.5. The number of anilines is 2. The number of sulfone groups is 1. The number of nitro groups is 1. The average Bonchev–Trinajstić information content (AvgIpc) is 2.97. The zero-order chi connectivity index (χ0) is 20.6. The number of amides is 1. The predicted molar refractivity (Wildman–Crippen MR) is 107 cm³/mol. The van der Waals surface area contributed by atoms with Crippen molar-refractivity contribution in [3.8, 4) is 0 Å². The van der Waals surface area contributed by atoms with E-state index in [2.05, 4.69) is 5.32 Å². The second kappa shape index (κ2) is 7.57. The number of rotatable bonds is 5. The number of nitrogens with zero attached hydrogens (tertiary/aromatic N) is 2. The monoisotopic (exact) mass is 443 g/mol. The Labute approximate surface area is 171 Å². The summed E-state index contributed by atoms with van der Waals surface area (Å²) >= 11 is 11.9. The number of hydrogen-bond donors (Lipinski definition) is 1. The maximum Gasteiger partial charge on any atom is 0.293 e. The van der Waals surface area contributed by atoms with E-state index in [1.165, 1.54) is 17.0 Å². The van der Waals surface area contributed by atoms with Crippen LogP contribution in [0, 0.1) is 10.1 Å². The first kappa shape index (κ1) is 20.4. The number of hydrogen-bond acceptors (Lipinski definition) is 6. The lowest BCUT2D eigenvalue weighted by Gasteiger charge is -2.18. The minimum Gasteiger partial charge on any atom is -0.368 e. The van der Waals surface area contributed by atoms with Gasteiger partial charge in [-0.2, -0.15) is 0 Å². The zero-order valence-corrected chi connectivity index (χ0v) is 16.9. The molecule has 11 heteroatoms. The summed E-state index contributed by atoms with van der Waals surface area (Å²) in [6.45, 7) is 0.393. The maximum absolute atomic E-state index is 12.7. The van der Waals surface area contributed by atoms with Crippen LogP contribution in [0.3, 0.4) is 0 Å². The van der Waals surface area contributed by atoms with Gasteiger partial charge in [0.1, 0.15) is 11.7 Å². The third-order valence-electron chi connectivity index (χ3n) is 4.34. The van der Waals surface area contributed by atoms with Crippen molar-refractivity contribution < 1.29 is 18.1 Å². The summed E-state index contributed by atoms with van der Waals surface area (Å²) in [7, 11) is -3.60. The van der Waals surface area contributed by atoms with Crippen molar-refractivity contribution in [3.63, 3.8) is 0 Å². The Morgan fingerprint density at radius 3 is 2.50 bits per heavy atom. The van der Waals surface area contributed by atoms with Crippen LogP contribution in [0.15, 0.2) is 41.3 Å². The molecule has 3 rings (SSSR count). The van der Waals surface area contributed by atoms with Crippen LogP contribution in [0.5, 0.6) is 0 Å². The molecule has 1 atom stereocenters. The molecular formula is C17H15Cl2N3O5S. The van der Waals surface area contributed by atoms with E-state index in [-0.39, 0.29) is 16.5 Å². The van der Waals surface area contributed by atoms with Gasteiger partial charge in [0.25, 0.3) is 5.69 Å². The van der Waals surface area contributed by atoms with Crippen molar-refractivity contribution in [3.05, 3.63) is 56.6 Å². The molecule has 28 heavy (non-hydrogen) atoms. The molecule has 1 fully saturated rings. The first-order chi connectivity index (χ1) is 13.1. The second-order valence-corrected chi connectivity index (χ2v) is 9.11. The van der Waals surface area contributed by atoms with Crippen LogP contribution < -0.4 is 10.2 Å². The summed E-state index contributed by atoms with van der Waals surface area (Å²) in [5, 5.41) is 14.9. The highest BCUT2D eigenvalue weighted by Crippen LogP contribution is 2.32. The number of benzene rings is 2. The molecule has 2 aromatic rings. The van der Waals surface area contributed by atoms with E-state index in [0.717, 1.165) is 12.3 Å². The van der Waals surface area contributed by atoms with E-state index in [4.69, 9.17) is 23.2 Å². The Morgan fingerprint density at radius 2 is 1.89 bits per heavy atom. The average molecular weight is 444 g/mol. The lowest BCUT2D eigenvalue weighted by molar-refractivity contribution is -0.384. The van der Waals surface area contributed by atoms with Gasteiger partial charge in [-0.15, -0.1) is 0 Å². The molecule has 1 amide bonds. The summed E-state index contributed by atoms with van der Waals surface area (Å²) in [6, 6.07) is 7.67. The number of halogens is 2. The van der Waals surface area contributed by atoms with E-state index < -0.39 is 26.5 Å². The Kier molecular flexibility index (Phi) is 5.51. The Balaban J connectivity index is 1.85. The normalized spacial score (nSPS) is 17.0. The number of carbonyl (C=O) groups is 1. The fourth-order valence-electron chi connectivity index (χ4n) is 2.93. The molecule has 1 N–H and O–H groups in total. The van der Waals surface area contributed by atoms with Gasteiger partial charge in [0, 0.05) is 24.6 Å². The lowest BCUT2D eigenvalue weighted by atomic mass is 10.2. The maximum atomic E-state index is 12.7. The van der Waals surface area contributed by atoms with Crippen molar-refractivity contribution in [2.45, 2.75) is 17.4 Å². The summed E-state index contributed by atoms with van der Waals surface area (Å²) < 4.78 is 23.3. The summed E-state index contributed by atoms with van der Waals surface area (Å²) in [6.07, 6.45) is 1.37. The molecular weight excluding hydrogens is 429 g/mol. The molecule has 1 aliphatic rings. The largest absolute Gasteiger partial charge is 0.368 e. The van der Waals surface area contributed by atoms with Crippen molar-refractivity contribution in [2.75, 3.05) is 23.0 Å². The van der Waals surface area contributed by atoms with E-state index in [0.29, 0.717) is 28.7 Å².